The number of amides is 1. The number of carboxylic acid groups (broad SMARTS) is 1. The van der Waals surface area contributed by atoms with Crippen LogP contribution in [0.5, 0.6) is 0 Å². The van der Waals surface area contributed by atoms with Gasteiger partial charge in [0.25, 0.3) is 0 Å². The molecule has 104 valence electrons. The van der Waals surface area contributed by atoms with E-state index in [4.69, 9.17) is 5.11 Å². The summed E-state index contributed by atoms with van der Waals surface area (Å²) in [5, 5.41) is 11.5. The molecule has 0 fully saturated rings. The van der Waals surface area contributed by atoms with Crippen LogP contribution in [-0.4, -0.2) is 23.5 Å². The van der Waals surface area contributed by atoms with Crippen molar-refractivity contribution in [1.29, 1.82) is 0 Å². The summed E-state index contributed by atoms with van der Waals surface area (Å²) in [4.78, 5) is 22.4. The maximum Gasteiger partial charge on any atom is 0.310 e. The second kappa shape index (κ2) is 6.31. The Kier molecular flexibility index (Phi) is 5.03. The number of aryl methyl sites for hydroxylation is 1. The van der Waals surface area contributed by atoms with Crippen LogP contribution in [0.3, 0.4) is 0 Å². The van der Waals surface area contributed by atoms with E-state index < -0.39 is 11.4 Å². The van der Waals surface area contributed by atoms with Gasteiger partial charge in [-0.25, -0.2) is 4.39 Å². The third-order valence-corrected chi connectivity index (χ3v) is 2.84. The molecule has 1 aromatic rings. The summed E-state index contributed by atoms with van der Waals surface area (Å²) in [5.41, 5.74) is -0.248. The first kappa shape index (κ1) is 15.1. The number of carbonyl (C=O) groups excluding carboxylic acids is 1. The number of aliphatic carboxylic acids is 1. The molecule has 0 aliphatic carbocycles. The van der Waals surface area contributed by atoms with Gasteiger partial charge in [-0.3, -0.25) is 9.59 Å². The summed E-state index contributed by atoms with van der Waals surface area (Å²) in [6, 6.07) is 6.07. The van der Waals surface area contributed by atoms with Gasteiger partial charge in [0.15, 0.2) is 0 Å². The van der Waals surface area contributed by atoms with Crippen molar-refractivity contribution in [2.75, 3.05) is 6.54 Å². The molecule has 1 rings (SSSR count). The van der Waals surface area contributed by atoms with Crippen molar-refractivity contribution < 1.29 is 19.1 Å². The van der Waals surface area contributed by atoms with E-state index in [-0.39, 0.29) is 24.7 Å². The number of hydrogen-bond donors (Lipinski definition) is 2. The van der Waals surface area contributed by atoms with Crippen molar-refractivity contribution in [1.82, 2.24) is 5.32 Å². The van der Waals surface area contributed by atoms with Crippen LogP contribution in [0.15, 0.2) is 24.3 Å². The van der Waals surface area contributed by atoms with Gasteiger partial charge in [0.2, 0.25) is 5.91 Å². The first-order chi connectivity index (χ1) is 8.81. The Hall–Kier alpha value is -1.91. The molecular weight excluding hydrogens is 249 g/mol. The van der Waals surface area contributed by atoms with Crippen molar-refractivity contribution in [2.45, 2.75) is 26.7 Å². The molecule has 19 heavy (non-hydrogen) atoms. The van der Waals surface area contributed by atoms with E-state index in [0.717, 1.165) is 5.56 Å². The zero-order chi connectivity index (χ0) is 14.5. The second-order valence-electron chi connectivity index (χ2n) is 5.10. The molecule has 2 N–H and O–H groups in total. The summed E-state index contributed by atoms with van der Waals surface area (Å²) in [6.45, 7) is 3.16. The fourth-order valence-corrected chi connectivity index (χ4v) is 1.43. The minimum absolute atomic E-state index is 0.0737. The van der Waals surface area contributed by atoms with Crippen LogP contribution >= 0.6 is 0 Å². The van der Waals surface area contributed by atoms with Gasteiger partial charge in [-0.2, -0.15) is 0 Å². The fraction of sp³-hybridized carbons (Fsp3) is 0.429. The van der Waals surface area contributed by atoms with Crippen LogP contribution in [0, 0.1) is 11.2 Å². The molecule has 0 unspecified atom stereocenters. The van der Waals surface area contributed by atoms with Gasteiger partial charge in [0.05, 0.1) is 5.41 Å². The highest BCUT2D eigenvalue weighted by molar-refractivity contribution is 5.78. The molecule has 0 heterocycles. The number of hydrogen-bond acceptors (Lipinski definition) is 2. The number of halogens is 1. The quantitative estimate of drug-likeness (QED) is 0.828. The lowest BCUT2D eigenvalue weighted by atomic mass is 9.94. The fourth-order valence-electron chi connectivity index (χ4n) is 1.43. The van der Waals surface area contributed by atoms with Gasteiger partial charge in [-0.1, -0.05) is 12.1 Å². The summed E-state index contributed by atoms with van der Waals surface area (Å²) < 4.78 is 12.9. The monoisotopic (exact) mass is 267 g/mol. The predicted molar refractivity (Wildman–Crippen MR) is 69.1 cm³/mol. The summed E-state index contributed by atoms with van der Waals surface area (Å²) in [5.74, 6) is -1.53. The van der Waals surface area contributed by atoms with Crippen molar-refractivity contribution in [3.05, 3.63) is 35.6 Å². The van der Waals surface area contributed by atoms with E-state index in [1.807, 2.05) is 0 Å². The summed E-state index contributed by atoms with van der Waals surface area (Å²) >= 11 is 0. The zero-order valence-electron chi connectivity index (χ0n) is 11.1. The Morgan fingerprint density at radius 1 is 1.37 bits per heavy atom. The lowest BCUT2D eigenvalue weighted by Gasteiger charge is -2.19. The number of rotatable bonds is 6. The largest absolute Gasteiger partial charge is 0.481 e. The first-order valence-electron chi connectivity index (χ1n) is 6.06. The van der Waals surface area contributed by atoms with Gasteiger partial charge in [0.1, 0.15) is 5.82 Å². The van der Waals surface area contributed by atoms with E-state index in [1.165, 1.54) is 12.1 Å². The smallest absolute Gasteiger partial charge is 0.310 e. The van der Waals surface area contributed by atoms with Crippen molar-refractivity contribution >= 4 is 11.9 Å². The highest BCUT2D eigenvalue weighted by Gasteiger charge is 2.27. The van der Waals surface area contributed by atoms with Gasteiger partial charge < -0.3 is 10.4 Å². The SMILES string of the molecule is CC(C)(CNC(=O)CCc1cccc(F)c1)C(=O)O. The zero-order valence-corrected chi connectivity index (χ0v) is 11.1. The molecule has 1 amide bonds. The van der Waals surface area contributed by atoms with Crippen molar-refractivity contribution in [2.24, 2.45) is 5.41 Å². The minimum atomic E-state index is -0.992. The van der Waals surface area contributed by atoms with E-state index >= 15 is 0 Å². The van der Waals surface area contributed by atoms with Crippen molar-refractivity contribution in [3.63, 3.8) is 0 Å². The highest BCUT2D eigenvalue weighted by Crippen LogP contribution is 2.13. The Labute approximate surface area is 111 Å². The normalized spacial score (nSPS) is 11.1. The van der Waals surface area contributed by atoms with E-state index in [1.54, 1.807) is 26.0 Å². The van der Waals surface area contributed by atoms with Crippen LogP contribution < -0.4 is 5.32 Å². The molecule has 0 atom stereocenters. The van der Waals surface area contributed by atoms with Crippen LogP contribution in [-0.2, 0) is 16.0 Å². The third kappa shape index (κ3) is 5.07. The van der Waals surface area contributed by atoms with Crippen LogP contribution in [0.1, 0.15) is 25.8 Å². The van der Waals surface area contributed by atoms with E-state index in [2.05, 4.69) is 5.32 Å². The van der Waals surface area contributed by atoms with Crippen molar-refractivity contribution in [3.8, 4) is 0 Å². The average Bonchev–Trinajstić information content (AvgIpc) is 2.34. The summed E-state index contributed by atoms with van der Waals surface area (Å²) in [7, 11) is 0. The van der Waals surface area contributed by atoms with Crippen LogP contribution in [0.4, 0.5) is 4.39 Å². The average molecular weight is 267 g/mol. The molecule has 0 aliphatic heterocycles. The number of benzene rings is 1. The maximum absolute atomic E-state index is 12.9. The molecular formula is C14H18FNO3. The Bertz CT molecular complexity index is 472. The lowest BCUT2D eigenvalue weighted by molar-refractivity contribution is -0.146. The molecule has 0 aromatic heterocycles. The molecule has 0 aliphatic rings. The number of carbonyl (C=O) groups is 2. The minimum Gasteiger partial charge on any atom is -0.481 e. The molecule has 1 aromatic carbocycles. The molecule has 0 saturated carbocycles. The topological polar surface area (TPSA) is 66.4 Å². The molecule has 0 radical (unpaired) electrons. The maximum atomic E-state index is 12.9. The van der Waals surface area contributed by atoms with Crippen LogP contribution in [0.25, 0.3) is 0 Å². The highest BCUT2D eigenvalue weighted by atomic mass is 19.1. The third-order valence-electron chi connectivity index (χ3n) is 2.84. The van der Waals surface area contributed by atoms with Gasteiger partial charge in [0, 0.05) is 13.0 Å². The number of carboxylic acids is 1. The van der Waals surface area contributed by atoms with Gasteiger partial charge in [-0.15, -0.1) is 0 Å². The molecule has 0 bridgehead atoms. The molecule has 0 saturated heterocycles. The molecule has 4 nitrogen and oxygen atoms in total. The number of nitrogens with one attached hydrogen (secondary N) is 1. The summed E-state index contributed by atoms with van der Waals surface area (Å²) in [6.07, 6.45) is 0.635. The van der Waals surface area contributed by atoms with E-state index in [9.17, 15) is 14.0 Å². The van der Waals surface area contributed by atoms with Gasteiger partial charge in [-0.05, 0) is 38.0 Å². The van der Waals surface area contributed by atoms with Crippen LogP contribution in [0.2, 0.25) is 0 Å². The van der Waals surface area contributed by atoms with Gasteiger partial charge >= 0.3 is 5.97 Å². The molecule has 0 spiro atoms. The second-order valence-corrected chi connectivity index (χ2v) is 5.10. The Balaban J connectivity index is 2.39. The first-order valence-corrected chi connectivity index (χ1v) is 6.06. The Morgan fingerprint density at radius 3 is 2.63 bits per heavy atom. The standard InChI is InChI=1S/C14H18FNO3/c1-14(2,13(18)19)9-16-12(17)7-6-10-4-3-5-11(15)8-10/h3-5,8H,6-7,9H2,1-2H3,(H,16,17)(H,18,19). The van der Waals surface area contributed by atoms with E-state index in [0.29, 0.717) is 6.42 Å². The Morgan fingerprint density at radius 2 is 2.05 bits per heavy atom. The lowest BCUT2D eigenvalue weighted by Crippen LogP contribution is -2.38. The predicted octanol–water partition coefficient (Wildman–Crippen LogP) is 1.99. The molecule has 5 heteroatoms.